The topological polar surface area (TPSA) is 86.8 Å². The van der Waals surface area contributed by atoms with E-state index in [2.05, 4.69) is 21.2 Å². The minimum atomic E-state index is -3.81. The molecule has 2 rings (SSSR count). The third-order valence-corrected chi connectivity index (χ3v) is 7.03. The Bertz CT molecular complexity index is 1080. The van der Waals surface area contributed by atoms with E-state index >= 15 is 0 Å². The van der Waals surface area contributed by atoms with Crippen LogP contribution < -0.4 is 9.62 Å². The van der Waals surface area contributed by atoms with E-state index in [9.17, 15) is 22.4 Å². The van der Waals surface area contributed by atoms with Crippen LogP contribution in [-0.2, 0) is 26.2 Å². The molecule has 0 fully saturated rings. The van der Waals surface area contributed by atoms with Crippen molar-refractivity contribution >= 4 is 43.5 Å². The maximum atomic E-state index is 13.4. The second kappa shape index (κ2) is 11.6. The molecular weight excluding hydrogens is 513 g/mol. The average molecular weight is 542 g/mol. The fourth-order valence-electron chi connectivity index (χ4n) is 3.08. The molecule has 0 spiro atoms. The Hall–Kier alpha value is -2.46. The van der Waals surface area contributed by atoms with Gasteiger partial charge in [0.05, 0.1) is 11.9 Å². The number of sulfonamides is 1. The van der Waals surface area contributed by atoms with Crippen molar-refractivity contribution < 1.29 is 22.4 Å². The van der Waals surface area contributed by atoms with Crippen molar-refractivity contribution in [1.82, 2.24) is 10.2 Å². The molecule has 0 aliphatic heterocycles. The van der Waals surface area contributed by atoms with Crippen molar-refractivity contribution in [3.8, 4) is 0 Å². The number of rotatable bonds is 10. The lowest BCUT2D eigenvalue weighted by Crippen LogP contribution is -2.52. The average Bonchev–Trinajstić information content (AvgIpc) is 2.76. The fourth-order valence-corrected chi connectivity index (χ4v) is 4.56. The maximum absolute atomic E-state index is 13.4. The highest BCUT2D eigenvalue weighted by molar-refractivity contribution is 9.10. The summed E-state index contributed by atoms with van der Waals surface area (Å²) in [6.45, 7) is 4.89. The summed E-state index contributed by atoms with van der Waals surface area (Å²) in [4.78, 5) is 27.5. The van der Waals surface area contributed by atoms with Gasteiger partial charge < -0.3 is 10.2 Å². The predicted octanol–water partition coefficient (Wildman–Crippen LogP) is 3.69. The van der Waals surface area contributed by atoms with Crippen LogP contribution >= 0.6 is 15.9 Å². The Kier molecular flexibility index (Phi) is 9.42. The highest BCUT2D eigenvalue weighted by atomic mass is 79.9. The number of para-hydroxylation sites is 1. The zero-order valence-corrected chi connectivity index (χ0v) is 21.5. The number of hydrogen-bond acceptors (Lipinski definition) is 4. The molecule has 0 saturated heterocycles. The van der Waals surface area contributed by atoms with Gasteiger partial charge in [0.2, 0.25) is 21.8 Å². The normalized spacial score (nSPS) is 13.2. The van der Waals surface area contributed by atoms with Crippen molar-refractivity contribution in [3.63, 3.8) is 0 Å². The number of nitrogens with one attached hydrogen (secondary N) is 1. The van der Waals surface area contributed by atoms with Gasteiger partial charge in [-0.2, -0.15) is 0 Å². The fraction of sp³-hybridized carbons (Fsp3) is 0.391. The SMILES string of the molecule is CC[C@@H](C)NC(=O)[C@@H](C)N(Cc1ccc(F)cc1)C(=O)CN(c1ccccc1Br)S(C)(=O)=O. The third kappa shape index (κ3) is 7.53. The summed E-state index contributed by atoms with van der Waals surface area (Å²) >= 11 is 3.33. The van der Waals surface area contributed by atoms with Crippen LogP contribution in [0.2, 0.25) is 0 Å². The molecular formula is C23H29BrFN3O4S. The van der Waals surface area contributed by atoms with Crippen molar-refractivity contribution in [2.45, 2.75) is 45.8 Å². The molecule has 2 amide bonds. The first-order chi connectivity index (χ1) is 15.4. The maximum Gasteiger partial charge on any atom is 0.244 e. The highest BCUT2D eigenvalue weighted by Gasteiger charge is 2.31. The molecule has 180 valence electrons. The lowest BCUT2D eigenvalue weighted by molar-refractivity contribution is -0.139. The van der Waals surface area contributed by atoms with E-state index in [1.165, 1.54) is 29.2 Å². The van der Waals surface area contributed by atoms with Crippen LogP contribution in [0, 0.1) is 5.82 Å². The standard InChI is InChI=1S/C23H29BrFN3O4S/c1-5-16(2)26-23(30)17(3)27(14-18-10-12-19(25)13-11-18)22(29)15-28(33(4,31)32)21-9-7-6-8-20(21)24/h6-13,16-17H,5,14-15H2,1-4H3,(H,26,30)/t16-,17-/m1/s1. The van der Waals surface area contributed by atoms with Crippen molar-refractivity contribution in [3.05, 3.63) is 64.4 Å². The minimum Gasteiger partial charge on any atom is -0.352 e. The summed E-state index contributed by atoms with van der Waals surface area (Å²) in [6, 6.07) is 11.3. The minimum absolute atomic E-state index is 0.0156. The zero-order chi connectivity index (χ0) is 24.8. The Balaban J connectivity index is 2.39. The molecule has 0 aliphatic carbocycles. The molecule has 7 nitrogen and oxygen atoms in total. The van der Waals surface area contributed by atoms with Gasteiger partial charge in [-0.15, -0.1) is 0 Å². The highest BCUT2D eigenvalue weighted by Crippen LogP contribution is 2.28. The van der Waals surface area contributed by atoms with Gasteiger partial charge in [-0.25, -0.2) is 12.8 Å². The number of benzene rings is 2. The van der Waals surface area contributed by atoms with Gasteiger partial charge >= 0.3 is 0 Å². The number of anilines is 1. The first kappa shape index (κ1) is 26.8. The largest absolute Gasteiger partial charge is 0.352 e. The number of carbonyl (C=O) groups is 2. The summed E-state index contributed by atoms with van der Waals surface area (Å²) in [6.07, 6.45) is 1.73. The molecule has 1 N–H and O–H groups in total. The summed E-state index contributed by atoms with van der Waals surface area (Å²) in [7, 11) is -3.81. The van der Waals surface area contributed by atoms with Crippen molar-refractivity contribution in [2.75, 3.05) is 17.1 Å². The summed E-state index contributed by atoms with van der Waals surface area (Å²) < 4.78 is 39.9. The molecule has 0 radical (unpaired) electrons. The summed E-state index contributed by atoms with van der Waals surface area (Å²) in [5, 5.41) is 2.85. The van der Waals surface area contributed by atoms with Gasteiger partial charge in [0, 0.05) is 17.1 Å². The molecule has 2 aromatic carbocycles. The molecule has 0 aromatic heterocycles. The molecule has 0 unspecified atom stereocenters. The predicted molar refractivity (Wildman–Crippen MR) is 131 cm³/mol. The Labute approximate surface area is 203 Å². The lowest BCUT2D eigenvalue weighted by Gasteiger charge is -2.32. The second-order valence-electron chi connectivity index (χ2n) is 7.86. The van der Waals surface area contributed by atoms with Gasteiger partial charge in [-0.05, 0) is 66.0 Å². The van der Waals surface area contributed by atoms with Crippen LogP contribution in [0.25, 0.3) is 0 Å². The van der Waals surface area contributed by atoms with Crippen LogP contribution in [0.15, 0.2) is 53.0 Å². The van der Waals surface area contributed by atoms with E-state index in [4.69, 9.17) is 0 Å². The van der Waals surface area contributed by atoms with Gasteiger partial charge in [0.1, 0.15) is 18.4 Å². The summed E-state index contributed by atoms with van der Waals surface area (Å²) in [5.41, 5.74) is 0.923. The van der Waals surface area contributed by atoms with Crippen molar-refractivity contribution in [1.29, 1.82) is 0 Å². The molecule has 33 heavy (non-hydrogen) atoms. The second-order valence-corrected chi connectivity index (χ2v) is 10.6. The quantitative estimate of drug-likeness (QED) is 0.497. The van der Waals surface area contributed by atoms with Gasteiger partial charge in [0.25, 0.3) is 0 Å². The molecule has 0 saturated carbocycles. The van der Waals surface area contributed by atoms with E-state index in [-0.39, 0.29) is 18.5 Å². The number of amides is 2. The Morgan fingerprint density at radius 2 is 1.70 bits per heavy atom. The van der Waals surface area contributed by atoms with Gasteiger partial charge in [0.15, 0.2) is 0 Å². The van der Waals surface area contributed by atoms with Gasteiger partial charge in [-0.1, -0.05) is 31.2 Å². The molecule has 2 aromatic rings. The van der Waals surface area contributed by atoms with Crippen LogP contribution in [0.3, 0.4) is 0 Å². The Morgan fingerprint density at radius 1 is 1.09 bits per heavy atom. The number of halogens is 2. The first-order valence-electron chi connectivity index (χ1n) is 10.5. The van der Waals surface area contributed by atoms with Gasteiger partial charge in [-0.3, -0.25) is 13.9 Å². The first-order valence-corrected chi connectivity index (χ1v) is 13.1. The van der Waals surface area contributed by atoms with Crippen LogP contribution in [0.5, 0.6) is 0 Å². The number of nitrogens with zero attached hydrogens (tertiary/aromatic N) is 2. The molecule has 2 atom stereocenters. The van der Waals surface area contributed by atoms with Crippen molar-refractivity contribution in [2.24, 2.45) is 0 Å². The number of carbonyl (C=O) groups excluding carboxylic acids is 2. The number of hydrogen-bond donors (Lipinski definition) is 1. The van der Waals surface area contributed by atoms with Crippen LogP contribution in [-0.4, -0.2) is 50.0 Å². The lowest BCUT2D eigenvalue weighted by atomic mass is 10.1. The zero-order valence-electron chi connectivity index (χ0n) is 19.1. The molecule has 10 heteroatoms. The van der Waals surface area contributed by atoms with Crippen LogP contribution in [0.1, 0.15) is 32.8 Å². The summed E-state index contributed by atoms with van der Waals surface area (Å²) in [5.74, 6) is -1.34. The van der Waals surface area contributed by atoms with E-state index < -0.39 is 34.3 Å². The monoisotopic (exact) mass is 541 g/mol. The van der Waals surface area contributed by atoms with E-state index in [1.54, 1.807) is 31.2 Å². The molecule has 0 aliphatic rings. The smallest absolute Gasteiger partial charge is 0.244 e. The van der Waals surface area contributed by atoms with E-state index in [0.29, 0.717) is 22.1 Å². The third-order valence-electron chi connectivity index (χ3n) is 5.23. The van der Waals surface area contributed by atoms with Crippen LogP contribution in [0.4, 0.5) is 10.1 Å². The Morgan fingerprint density at radius 3 is 2.24 bits per heavy atom. The molecule has 0 bridgehead atoms. The van der Waals surface area contributed by atoms with E-state index in [0.717, 1.165) is 10.6 Å². The van der Waals surface area contributed by atoms with E-state index in [1.807, 2.05) is 13.8 Å². The molecule has 0 heterocycles.